The van der Waals surface area contributed by atoms with Crippen LogP contribution in [0.15, 0.2) is 18.2 Å². The quantitative estimate of drug-likeness (QED) is 0.548. The number of nitrogens with one attached hydrogen (secondary N) is 1. The normalized spacial score (nSPS) is 9.88. The molecule has 0 bridgehead atoms. The first-order valence-corrected chi connectivity index (χ1v) is 5.38. The zero-order valence-corrected chi connectivity index (χ0v) is 9.90. The van der Waals surface area contributed by atoms with Crippen molar-refractivity contribution in [3.63, 3.8) is 0 Å². The highest BCUT2D eigenvalue weighted by molar-refractivity contribution is 5.61. The van der Waals surface area contributed by atoms with E-state index in [1.165, 1.54) is 0 Å². The van der Waals surface area contributed by atoms with E-state index in [1.54, 1.807) is 19.2 Å². The van der Waals surface area contributed by atoms with Gasteiger partial charge in [-0.05, 0) is 18.2 Å². The lowest BCUT2D eigenvalue weighted by atomic mass is 10.2. The second-order valence-corrected chi connectivity index (χ2v) is 3.45. The van der Waals surface area contributed by atoms with Gasteiger partial charge in [-0.2, -0.15) is 5.26 Å². The number of benzene rings is 1. The molecule has 0 aliphatic carbocycles. The van der Waals surface area contributed by atoms with Crippen molar-refractivity contribution in [2.24, 2.45) is 0 Å². The van der Waals surface area contributed by atoms with Crippen LogP contribution in [-0.4, -0.2) is 33.5 Å². The molecule has 0 radical (unpaired) electrons. The van der Waals surface area contributed by atoms with Crippen molar-refractivity contribution in [1.29, 1.82) is 5.26 Å². The van der Waals surface area contributed by atoms with Gasteiger partial charge >= 0.3 is 0 Å². The second kappa shape index (κ2) is 7.49. The Hall–Kier alpha value is -1.77. The highest BCUT2D eigenvalue weighted by atomic mass is 16.5. The Balaban J connectivity index is 2.30. The van der Waals surface area contributed by atoms with Crippen molar-refractivity contribution in [3.8, 4) is 6.07 Å². The van der Waals surface area contributed by atoms with Crippen LogP contribution in [-0.2, 0) is 9.47 Å². The van der Waals surface area contributed by atoms with Crippen molar-refractivity contribution < 1.29 is 9.47 Å². The number of ether oxygens (including phenoxy) is 2. The smallest absolute Gasteiger partial charge is 0.101 e. The Morgan fingerprint density at radius 2 is 2.18 bits per heavy atom. The monoisotopic (exact) mass is 235 g/mol. The first-order valence-electron chi connectivity index (χ1n) is 5.38. The molecule has 17 heavy (non-hydrogen) atoms. The molecule has 5 nitrogen and oxygen atoms in total. The third-order valence-electron chi connectivity index (χ3n) is 2.18. The topological polar surface area (TPSA) is 80.3 Å². The van der Waals surface area contributed by atoms with Crippen LogP contribution in [0.1, 0.15) is 5.56 Å². The average Bonchev–Trinajstić information content (AvgIpc) is 2.35. The number of hydrogen-bond donors (Lipinski definition) is 2. The number of nitrogens with zero attached hydrogens (tertiary/aromatic N) is 1. The highest BCUT2D eigenvalue weighted by Crippen LogP contribution is 2.16. The van der Waals surface area contributed by atoms with Gasteiger partial charge in [0, 0.05) is 25.0 Å². The summed E-state index contributed by atoms with van der Waals surface area (Å²) in [5.74, 6) is 0. The molecule has 1 rings (SSSR count). The number of methoxy groups -OCH3 is 1. The first kappa shape index (κ1) is 13.3. The lowest BCUT2D eigenvalue weighted by Crippen LogP contribution is -2.12. The van der Waals surface area contributed by atoms with Gasteiger partial charge < -0.3 is 20.5 Å². The zero-order chi connectivity index (χ0) is 12.5. The summed E-state index contributed by atoms with van der Waals surface area (Å²) in [4.78, 5) is 0. The van der Waals surface area contributed by atoms with Crippen LogP contribution in [0.3, 0.4) is 0 Å². The van der Waals surface area contributed by atoms with Crippen molar-refractivity contribution in [2.45, 2.75) is 0 Å². The summed E-state index contributed by atoms with van der Waals surface area (Å²) >= 11 is 0. The van der Waals surface area contributed by atoms with Gasteiger partial charge in [-0.1, -0.05) is 0 Å². The third kappa shape index (κ3) is 4.72. The molecular formula is C12H17N3O2. The predicted octanol–water partition coefficient (Wildman–Crippen LogP) is 1.22. The molecule has 0 unspecified atom stereocenters. The lowest BCUT2D eigenvalue weighted by molar-refractivity contribution is 0.0759. The Kier molecular flexibility index (Phi) is 5.86. The summed E-state index contributed by atoms with van der Waals surface area (Å²) in [6.07, 6.45) is 0. The van der Waals surface area contributed by atoms with E-state index in [4.69, 9.17) is 20.5 Å². The van der Waals surface area contributed by atoms with E-state index in [9.17, 15) is 0 Å². The Bertz CT molecular complexity index is 388. The van der Waals surface area contributed by atoms with Crippen LogP contribution in [0.4, 0.5) is 11.4 Å². The van der Waals surface area contributed by atoms with Crippen LogP contribution < -0.4 is 11.1 Å². The molecule has 0 aliphatic rings. The number of nitrogen functional groups attached to an aromatic ring is 1. The number of nitriles is 1. The molecule has 0 heterocycles. The first-order chi connectivity index (χ1) is 8.27. The molecule has 0 fully saturated rings. The van der Waals surface area contributed by atoms with Gasteiger partial charge in [-0.3, -0.25) is 0 Å². The van der Waals surface area contributed by atoms with E-state index < -0.39 is 0 Å². The van der Waals surface area contributed by atoms with Crippen LogP contribution in [0.2, 0.25) is 0 Å². The van der Waals surface area contributed by atoms with Gasteiger partial charge in [0.1, 0.15) is 6.07 Å². The number of nitrogens with two attached hydrogens (primary N) is 1. The maximum absolute atomic E-state index is 8.82. The van der Waals surface area contributed by atoms with Crippen molar-refractivity contribution in [3.05, 3.63) is 23.8 Å². The van der Waals surface area contributed by atoms with Crippen LogP contribution in [0.25, 0.3) is 0 Å². The van der Waals surface area contributed by atoms with E-state index in [0.717, 1.165) is 5.69 Å². The Morgan fingerprint density at radius 1 is 1.35 bits per heavy atom. The van der Waals surface area contributed by atoms with Gasteiger partial charge in [-0.15, -0.1) is 0 Å². The molecule has 92 valence electrons. The van der Waals surface area contributed by atoms with Gasteiger partial charge in [0.05, 0.1) is 25.4 Å². The number of hydrogen-bond acceptors (Lipinski definition) is 5. The van der Waals surface area contributed by atoms with Crippen molar-refractivity contribution in [1.82, 2.24) is 0 Å². The van der Waals surface area contributed by atoms with Crippen molar-refractivity contribution in [2.75, 3.05) is 44.5 Å². The third-order valence-corrected chi connectivity index (χ3v) is 2.18. The van der Waals surface area contributed by atoms with Crippen LogP contribution in [0.5, 0.6) is 0 Å². The summed E-state index contributed by atoms with van der Waals surface area (Å²) in [6, 6.07) is 7.32. The maximum atomic E-state index is 8.82. The fourth-order valence-corrected chi connectivity index (χ4v) is 1.27. The molecule has 0 saturated heterocycles. The van der Waals surface area contributed by atoms with Gasteiger partial charge in [0.15, 0.2) is 0 Å². The maximum Gasteiger partial charge on any atom is 0.101 e. The zero-order valence-electron chi connectivity index (χ0n) is 9.90. The van der Waals surface area contributed by atoms with E-state index in [0.29, 0.717) is 37.6 Å². The molecule has 3 N–H and O–H groups in total. The fourth-order valence-electron chi connectivity index (χ4n) is 1.27. The molecule has 1 aromatic carbocycles. The van der Waals surface area contributed by atoms with E-state index in [1.807, 2.05) is 12.1 Å². The van der Waals surface area contributed by atoms with E-state index >= 15 is 0 Å². The van der Waals surface area contributed by atoms with Gasteiger partial charge in [-0.25, -0.2) is 0 Å². The van der Waals surface area contributed by atoms with Crippen LogP contribution in [0, 0.1) is 11.3 Å². The summed E-state index contributed by atoms with van der Waals surface area (Å²) in [7, 11) is 1.64. The van der Waals surface area contributed by atoms with Gasteiger partial charge in [0.2, 0.25) is 0 Å². The molecule has 0 saturated carbocycles. The minimum absolute atomic E-state index is 0.482. The molecule has 0 atom stereocenters. The van der Waals surface area contributed by atoms with E-state index in [2.05, 4.69) is 5.32 Å². The molecular weight excluding hydrogens is 218 g/mol. The Morgan fingerprint density at radius 3 is 2.88 bits per heavy atom. The van der Waals surface area contributed by atoms with Crippen molar-refractivity contribution >= 4 is 11.4 Å². The summed E-state index contributed by atoms with van der Waals surface area (Å²) in [5, 5.41) is 12.0. The highest BCUT2D eigenvalue weighted by Gasteiger charge is 1.99. The largest absolute Gasteiger partial charge is 0.398 e. The van der Waals surface area contributed by atoms with Crippen LogP contribution >= 0.6 is 0 Å². The van der Waals surface area contributed by atoms with Gasteiger partial charge in [0.25, 0.3) is 0 Å². The standard InChI is InChI=1S/C12H17N3O2/c1-16-6-7-17-5-4-15-11-2-3-12(14)10(8-11)9-13/h2-3,8,15H,4-7,14H2,1H3. The number of rotatable bonds is 7. The molecule has 0 spiro atoms. The summed E-state index contributed by atoms with van der Waals surface area (Å²) < 4.78 is 10.2. The lowest BCUT2D eigenvalue weighted by Gasteiger charge is -2.08. The summed E-state index contributed by atoms with van der Waals surface area (Å²) in [6.45, 7) is 2.46. The predicted molar refractivity (Wildman–Crippen MR) is 66.8 cm³/mol. The SMILES string of the molecule is COCCOCCNc1ccc(N)c(C#N)c1. The second-order valence-electron chi connectivity index (χ2n) is 3.45. The molecule has 0 amide bonds. The number of anilines is 2. The molecule has 0 aliphatic heterocycles. The molecule has 1 aromatic rings. The van der Waals surface area contributed by atoms with E-state index in [-0.39, 0.29) is 0 Å². The average molecular weight is 235 g/mol. The Labute approximate surface area is 101 Å². The molecule has 5 heteroatoms. The minimum atomic E-state index is 0.482. The minimum Gasteiger partial charge on any atom is -0.398 e. The molecule has 0 aromatic heterocycles. The fraction of sp³-hybridized carbons (Fsp3) is 0.417. The summed E-state index contributed by atoms with van der Waals surface area (Å²) in [5.41, 5.74) is 7.46.